The lowest BCUT2D eigenvalue weighted by Gasteiger charge is -2.33. The summed E-state index contributed by atoms with van der Waals surface area (Å²) in [7, 11) is 0. The largest absolute Gasteiger partial charge is 0.346 e. The van der Waals surface area contributed by atoms with Crippen molar-refractivity contribution in [3.63, 3.8) is 0 Å². The first kappa shape index (κ1) is 21.5. The van der Waals surface area contributed by atoms with E-state index in [0.29, 0.717) is 6.54 Å². The van der Waals surface area contributed by atoms with Crippen LogP contribution in [0.3, 0.4) is 0 Å². The van der Waals surface area contributed by atoms with Gasteiger partial charge in [0.05, 0.1) is 12.0 Å². The van der Waals surface area contributed by atoms with Crippen molar-refractivity contribution in [1.29, 1.82) is 0 Å². The molecule has 3 aromatic rings. The van der Waals surface area contributed by atoms with E-state index < -0.39 is 0 Å². The second kappa shape index (κ2) is 9.64. The van der Waals surface area contributed by atoms with Gasteiger partial charge in [-0.3, -0.25) is 9.20 Å². The highest BCUT2D eigenvalue weighted by Gasteiger charge is 2.30. The zero-order valence-corrected chi connectivity index (χ0v) is 19.1. The average molecular weight is 440 g/mol. The molecule has 0 bridgehead atoms. The molecule has 1 saturated heterocycles. The van der Waals surface area contributed by atoms with Crippen molar-refractivity contribution < 1.29 is 4.79 Å². The zero-order valence-electron chi connectivity index (χ0n) is 18.3. The molecule has 9 heteroatoms. The van der Waals surface area contributed by atoms with Gasteiger partial charge in [0.1, 0.15) is 0 Å². The van der Waals surface area contributed by atoms with E-state index in [4.69, 9.17) is 0 Å². The maximum Gasteiger partial charge on any atom is 0.225 e. The molecule has 0 saturated carbocycles. The third-order valence-corrected chi connectivity index (χ3v) is 6.27. The lowest BCUT2D eigenvalue weighted by Crippen LogP contribution is -2.45. The van der Waals surface area contributed by atoms with Crippen LogP contribution >= 0.6 is 11.8 Å². The molecule has 1 aliphatic heterocycles. The third kappa shape index (κ3) is 4.98. The normalized spacial score (nSPS) is 17.6. The van der Waals surface area contributed by atoms with Crippen LogP contribution in [0.25, 0.3) is 5.65 Å². The fraction of sp³-hybridized carbons (Fsp3) is 0.500. The van der Waals surface area contributed by atoms with Crippen molar-refractivity contribution in [3.8, 4) is 0 Å². The Balaban J connectivity index is 1.50. The van der Waals surface area contributed by atoms with E-state index >= 15 is 0 Å². The zero-order chi connectivity index (χ0) is 21.8. The van der Waals surface area contributed by atoms with E-state index in [-0.39, 0.29) is 17.9 Å². The van der Waals surface area contributed by atoms with Crippen molar-refractivity contribution in [3.05, 3.63) is 47.7 Å². The van der Waals surface area contributed by atoms with Gasteiger partial charge in [0.15, 0.2) is 11.5 Å². The van der Waals surface area contributed by atoms with Crippen LogP contribution in [0.5, 0.6) is 0 Å². The second-order valence-electron chi connectivity index (χ2n) is 8.07. The minimum atomic E-state index is -0.176. The van der Waals surface area contributed by atoms with Crippen molar-refractivity contribution in [1.82, 2.24) is 29.9 Å². The maximum absolute atomic E-state index is 13.3. The Morgan fingerprint density at radius 3 is 2.84 bits per heavy atom. The average Bonchev–Trinajstić information content (AvgIpc) is 3.20. The van der Waals surface area contributed by atoms with Crippen LogP contribution in [-0.4, -0.2) is 55.6 Å². The molecule has 1 amide bonds. The number of aryl methyl sites for hydroxylation is 2. The summed E-state index contributed by atoms with van der Waals surface area (Å²) < 4.78 is 1.96. The second-order valence-corrected chi connectivity index (χ2v) is 9.05. The highest BCUT2D eigenvalue weighted by molar-refractivity contribution is 7.98. The summed E-state index contributed by atoms with van der Waals surface area (Å²) in [6.07, 6.45) is 6.63. The Bertz CT molecular complexity index is 1030. The number of nitrogens with zero attached hydrogens (tertiary/aromatic N) is 6. The molecule has 2 atom stereocenters. The number of thioether (sulfide) groups is 1. The Morgan fingerprint density at radius 1 is 1.26 bits per heavy atom. The van der Waals surface area contributed by atoms with Crippen molar-refractivity contribution in [2.45, 2.75) is 39.2 Å². The molecule has 4 heterocycles. The van der Waals surface area contributed by atoms with E-state index in [1.54, 1.807) is 11.8 Å². The number of pyridine rings is 1. The molecule has 31 heavy (non-hydrogen) atoms. The number of hydrogen-bond acceptors (Lipinski definition) is 7. The SMILES string of the molecule is CSCC[C@H](NC(=O)[C@@H]1CCCN(c2nc(C)cc(C)n2)C1)c1nnc2ccccn12. The Morgan fingerprint density at radius 2 is 2.06 bits per heavy atom. The minimum Gasteiger partial charge on any atom is -0.346 e. The number of amides is 1. The molecule has 4 rings (SSSR count). The molecule has 0 aliphatic carbocycles. The summed E-state index contributed by atoms with van der Waals surface area (Å²) >= 11 is 1.76. The fourth-order valence-corrected chi connectivity index (χ4v) is 4.58. The molecule has 3 aromatic heterocycles. The number of piperidine rings is 1. The Kier molecular flexibility index (Phi) is 6.70. The minimum absolute atomic E-state index is 0.0628. The predicted molar refractivity (Wildman–Crippen MR) is 123 cm³/mol. The van der Waals surface area contributed by atoms with Crippen LogP contribution in [-0.2, 0) is 4.79 Å². The lowest BCUT2D eigenvalue weighted by atomic mass is 9.96. The van der Waals surface area contributed by atoms with Gasteiger partial charge in [0.2, 0.25) is 11.9 Å². The van der Waals surface area contributed by atoms with Gasteiger partial charge in [-0.15, -0.1) is 10.2 Å². The first-order valence-electron chi connectivity index (χ1n) is 10.7. The standard InChI is InChI=1S/C22H29N7OS/c1-15-13-16(2)24-22(23-15)28-10-6-7-17(14-28)21(30)25-18(9-12-31-3)20-27-26-19-8-4-5-11-29(19)20/h4-5,8,11,13,17-18H,6-7,9-10,12,14H2,1-3H3,(H,25,30)/t17-,18+/m1/s1. The van der Waals surface area contributed by atoms with Crippen LogP contribution < -0.4 is 10.2 Å². The van der Waals surface area contributed by atoms with Gasteiger partial charge in [-0.1, -0.05) is 6.07 Å². The highest BCUT2D eigenvalue weighted by Crippen LogP contribution is 2.24. The van der Waals surface area contributed by atoms with Gasteiger partial charge in [-0.05, 0) is 63.3 Å². The highest BCUT2D eigenvalue weighted by atomic mass is 32.2. The van der Waals surface area contributed by atoms with Crippen molar-refractivity contribution >= 4 is 29.3 Å². The summed E-state index contributed by atoms with van der Waals surface area (Å²) in [5, 5.41) is 11.9. The number of carbonyl (C=O) groups is 1. The Labute approximate surface area is 186 Å². The van der Waals surface area contributed by atoms with E-state index in [1.165, 1.54) is 0 Å². The summed E-state index contributed by atoms with van der Waals surface area (Å²) in [6.45, 7) is 5.46. The van der Waals surface area contributed by atoms with Gasteiger partial charge < -0.3 is 10.2 Å². The Hall–Kier alpha value is -2.68. The lowest BCUT2D eigenvalue weighted by molar-refractivity contribution is -0.126. The van der Waals surface area contributed by atoms with E-state index in [9.17, 15) is 4.79 Å². The molecule has 0 aromatic carbocycles. The van der Waals surface area contributed by atoms with Crippen LogP contribution in [0.1, 0.15) is 42.5 Å². The maximum atomic E-state index is 13.3. The summed E-state index contributed by atoms with van der Waals surface area (Å²) in [5.41, 5.74) is 2.69. The molecule has 164 valence electrons. The van der Waals surface area contributed by atoms with Crippen molar-refractivity contribution in [2.75, 3.05) is 30.0 Å². The van der Waals surface area contributed by atoms with Gasteiger partial charge in [0, 0.05) is 30.7 Å². The van der Waals surface area contributed by atoms with Crippen LogP contribution in [0.4, 0.5) is 5.95 Å². The molecule has 0 spiro atoms. The van der Waals surface area contributed by atoms with Crippen molar-refractivity contribution in [2.24, 2.45) is 5.92 Å². The first-order chi connectivity index (χ1) is 15.0. The van der Waals surface area contributed by atoms with E-state index in [1.807, 2.05) is 48.7 Å². The van der Waals surface area contributed by atoms with Crippen LogP contribution in [0, 0.1) is 19.8 Å². The molecule has 0 radical (unpaired) electrons. The van der Waals surface area contributed by atoms with Gasteiger partial charge in [-0.25, -0.2) is 9.97 Å². The van der Waals surface area contributed by atoms with E-state index in [0.717, 1.165) is 60.4 Å². The number of hydrogen-bond donors (Lipinski definition) is 1. The molecule has 1 fully saturated rings. The number of anilines is 1. The van der Waals surface area contributed by atoms with Gasteiger partial charge >= 0.3 is 0 Å². The summed E-state index contributed by atoms with van der Waals surface area (Å²) in [6, 6.07) is 7.61. The number of fused-ring (bicyclic) bond motifs is 1. The van der Waals surface area contributed by atoms with Crippen LogP contribution in [0.15, 0.2) is 30.5 Å². The van der Waals surface area contributed by atoms with Gasteiger partial charge in [0.25, 0.3) is 0 Å². The monoisotopic (exact) mass is 439 g/mol. The summed E-state index contributed by atoms with van der Waals surface area (Å²) in [4.78, 5) is 24.6. The summed E-state index contributed by atoms with van der Waals surface area (Å²) in [5.74, 6) is 2.39. The van der Waals surface area contributed by atoms with E-state index in [2.05, 4.69) is 36.6 Å². The fourth-order valence-electron chi connectivity index (χ4n) is 4.11. The molecule has 1 N–H and O–H groups in total. The molecular weight excluding hydrogens is 410 g/mol. The molecule has 1 aliphatic rings. The smallest absolute Gasteiger partial charge is 0.225 e. The molecular formula is C22H29N7OS. The van der Waals surface area contributed by atoms with Gasteiger partial charge in [-0.2, -0.15) is 11.8 Å². The predicted octanol–water partition coefficient (Wildman–Crippen LogP) is 2.96. The third-order valence-electron chi connectivity index (χ3n) is 5.62. The number of nitrogens with one attached hydrogen (secondary N) is 1. The number of carbonyl (C=O) groups excluding carboxylic acids is 1. The quantitative estimate of drug-likeness (QED) is 0.605. The topological polar surface area (TPSA) is 88.3 Å². The number of rotatable bonds is 7. The molecule has 0 unspecified atom stereocenters. The number of aromatic nitrogens is 5. The molecule has 8 nitrogen and oxygen atoms in total. The first-order valence-corrected chi connectivity index (χ1v) is 12.1. The van der Waals surface area contributed by atoms with Crippen LogP contribution in [0.2, 0.25) is 0 Å².